The van der Waals surface area contributed by atoms with Crippen molar-refractivity contribution in [1.29, 1.82) is 0 Å². The third-order valence-corrected chi connectivity index (χ3v) is 7.71. The van der Waals surface area contributed by atoms with Crippen LogP contribution < -0.4 is 14.8 Å². The third kappa shape index (κ3) is 7.50. The van der Waals surface area contributed by atoms with Crippen molar-refractivity contribution in [3.63, 3.8) is 0 Å². The molecule has 3 aromatic carbocycles. The van der Waals surface area contributed by atoms with Gasteiger partial charge in [-0.25, -0.2) is 13.2 Å². The number of carbonyl (C=O) groups excluding carboxylic acids is 1. The van der Waals surface area contributed by atoms with E-state index < -0.39 is 34.5 Å². The maximum atomic E-state index is 13.1. The van der Waals surface area contributed by atoms with E-state index in [1.54, 1.807) is 56.3 Å². The van der Waals surface area contributed by atoms with Gasteiger partial charge in [0.25, 0.3) is 15.9 Å². The number of ether oxygens (including phenoxy) is 1. The summed E-state index contributed by atoms with van der Waals surface area (Å²) in [7, 11) is -3.90. The van der Waals surface area contributed by atoms with Gasteiger partial charge in [-0.15, -0.1) is 0 Å². The Morgan fingerprint density at radius 3 is 2.33 bits per heavy atom. The fourth-order valence-corrected chi connectivity index (χ4v) is 5.28. The number of aliphatic hydroxyl groups is 1. The Balaban J connectivity index is 1.95. The first kappa shape index (κ1) is 29.9. The number of nitrogens with one attached hydrogen (secondary N) is 2. The molecule has 4 N–H and O–H groups in total. The predicted octanol–water partition coefficient (Wildman–Crippen LogP) is 4.63. The Morgan fingerprint density at radius 1 is 1.00 bits per heavy atom. The van der Waals surface area contributed by atoms with Crippen molar-refractivity contribution >= 4 is 39.2 Å². The Bertz CT molecular complexity index is 1490. The first-order valence-electron chi connectivity index (χ1n) is 12.1. The molecule has 11 heteroatoms. The van der Waals surface area contributed by atoms with E-state index in [4.69, 9.17) is 21.4 Å². The average molecular weight is 575 g/mol. The minimum Gasteiger partial charge on any atom is -0.492 e. The highest BCUT2D eigenvalue weighted by molar-refractivity contribution is 7.92. The summed E-state index contributed by atoms with van der Waals surface area (Å²) >= 11 is 6.13. The van der Waals surface area contributed by atoms with Gasteiger partial charge in [0, 0.05) is 10.7 Å². The van der Waals surface area contributed by atoms with Gasteiger partial charge >= 0.3 is 5.97 Å². The standard InChI is InChI=1S/C28H31ClN2O7S/c1-16(2)15-38-25-13-20(8-9-22(25)27(33)30-24(14-32)28(34)35)19-6-5-7-21(12-19)31-39(36,37)26-11-17(3)23(29)10-18(26)4/h5-13,16,24,31-32H,14-15H2,1-4H3,(H,30,33)(H,34,35)/t24-/m0/s1. The molecule has 0 aliphatic rings. The van der Waals surface area contributed by atoms with Crippen LogP contribution >= 0.6 is 11.6 Å². The summed E-state index contributed by atoms with van der Waals surface area (Å²) in [5.74, 6) is -1.71. The zero-order valence-corrected chi connectivity index (χ0v) is 23.6. The van der Waals surface area contributed by atoms with E-state index in [1.807, 2.05) is 13.8 Å². The van der Waals surface area contributed by atoms with Gasteiger partial charge in [0.05, 0.1) is 23.7 Å². The van der Waals surface area contributed by atoms with Gasteiger partial charge < -0.3 is 20.3 Å². The number of amides is 1. The van der Waals surface area contributed by atoms with E-state index in [2.05, 4.69) is 10.0 Å². The summed E-state index contributed by atoms with van der Waals surface area (Å²) in [6.45, 7) is 6.82. The van der Waals surface area contributed by atoms with Crippen LogP contribution in [0.25, 0.3) is 11.1 Å². The molecule has 0 saturated heterocycles. The highest BCUT2D eigenvalue weighted by atomic mass is 35.5. The molecular weight excluding hydrogens is 544 g/mol. The smallest absolute Gasteiger partial charge is 0.328 e. The largest absolute Gasteiger partial charge is 0.492 e. The quantitative estimate of drug-likeness (QED) is 0.261. The molecule has 0 unspecified atom stereocenters. The van der Waals surface area contributed by atoms with Gasteiger partial charge in [0.1, 0.15) is 5.75 Å². The second-order valence-corrected chi connectivity index (χ2v) is 11.6. The number of carboxylic acids is 1. The number of rotatable bonds is 11. The number of aliphatic hydroxyl groups excluding tert-OH is 1. The number of anilines is 1. The van der Waals surface area contributed by atoms with Crippen LogP contribution in [0.5, 0.6) is 5.75 Å². The Hall–Kier alpha value is -3.60. The van der Waals surface area contributed by atoms with Crippen LogP contribution in [0, 0.1) is 19.8 Å². The van der Waals surface area contributed by atoms with Gasteiger partial charge in [0.2, 0.25) is 0 Å². The lowest BCUT2D eigenvalue weighted by Gasteiger charge is -2.17. The maximum Gasteiger partial charge on any atom is 0.328 e. The maximum absolute atomic E-state index is 13.1. The first-order chi connectivity index (χ1) is 18.3. The molecule has 0 aliphatic heterocycles. The molecule has 9 nitrogen and oxygen atoms in total. The topological polar surface area (TPSA) is 142 Å². The van der Waals surface area contributed by atoms with Crippen LogP contribution in [0.2, 0.25) is 5.02 Å². The zero-order valence-electron chi connectivity index (χ0n) is 22.0. The van der Waals surface area contributed by atoms with Crippen LogP contribution in [0.3, 0.4) is 0 Å². The molecule has 0 aromatic heterocycles. The molecule has 0 radical (unpaired) electrons. The zero-order chi connectivity index (χ0) is 28.9. The lowest BCUT2D eigenvalue weighted by atomic mass is 10.0. The highest BCUT2D eigenvalue weighted by Crippen LogP contribution is 2.31. The number of sulfonamides is 1. The summed E-state index contributed by atoms with van der Waals surface area (Å²) in [4.78, 5) is 24.2. The van der Waals surface area contributed by atoms with E-state index in [9.17, 15) is 23.1 Å². The Morgan fingerprint density at radius 2 is 1.69 bits per heavy atom. The van der Waals surface area contributed by atoms with Gasteiger partial charge in [-0.1, -0.05) is 43.6 Å². The van der Waals surface area contributed by atoms with Gasteiger partial charge in [0.15, 0.2) is 6.04 Å². The molecule has 3 aromatic rings. The lowest BCUT2D eigenvalue weighted by Crippen LogP contribution is -2.43. The molecule has 3 rings (SSSR count). The van der Waals surface area contributed by atoms with Crippen molar-refractivity contribution in [2.24, 2.45) is 5.92 Å². The number of hydrogen-bond donors (Lipinski definition) is 4. The normalized spacial score (nSPS) is 12.2. The number of hydrogen-bond acceptors (Lipinski definition) is 6. The highest BCUT2D eigenvalue weighted by Gasteiger charge is 2.23. The van der Waals surface area contributed by atoms with Crippen LogP contribution in [0.15, 0.2) is 59.5 Å². The monoisotopic (exact) mass is 574 g/mol. The van der Waals surface area contributed by atoms with E-state index in [0.29, 0.717) is 39.6 Å². The second kappa shape index (κ2) is 12.5. The Kier molecular flexibility index (Phi) is 9.60. The number of carboxylic acid groups (broad SMARTS) is 1. The molecular formula is C28H31ClN2O7S. The molecule has 0 heterocycles. The molecule has 39 heavy (non-hydrogen) atoms. The van der Waals surface area contributed by atoms with E-state index in [-0.39, 0.29) is 22.1 Å². The molecule has 1 atom stereocenters. The average Bonchev–Trinajstić information content (AvgIpc) is 2.87. The number of aliphatic carboxylic acids is 1. The molecule has 0 bridgehead atoms. The van der Waals surface area contributed by atoms with Gasteiger partial charge in [-0.05, 0) is 78.4 Å². The fourth-order valence-electron chi connectivity index (χ4n) is 3.70. The SMILES string of the molecule is Cc1cc(S(=O)(=O)Nc2cccc(-c3ccc(C(=O)N[C@@H](CO)C(=O)O)c(OCC(C)C)c3)c2)c(C)cc1Cl. The summed E-state index contributed by atoms with van der Waals surface area (Å²) in [6.07, 6.45) is 0. The van der Waals surface area contributed by atoms with E-state index in [1.165, 1.54) is 12.1 Å². The first-order valence-corrected chi connectivity index (χ1v) is 14.0. The minimum atomic E-state index is -3.90. The molecule has 208 valence electrons. The number of halogens is 1. The third-order valence-electron chi connectivity index (χ3n) is 5.78. The minimum absolute atomic E-state index is 0.101. The molecule has 0 fully saturated rings. The Labute approximate surface area is 232 Å². The lowest BCUT2D eigenvalue weighted by molar-refractivity contribution is -0.140. The molecule has 1 amide bonds. The van der Waals surface area contributed by atoms with E-state index in [0.717, 1.165) is 0 Å². The van der Waals surface area contributed by atoms with Crippen LogP contribution in [-0.2, 0) is 14.8 Å². The molecule has 0 saturated carbocycles. The summed E-state index contributed by atoms with van der Waals surface area (Å²) in [6, 6.07) is 13.2. The molecule has 0 spiro atoms. The number of aryl methyl sites for hydroxylation is 2. The van der Waals surface area contributed by atoms with Crippen LogP contribution in [0.4, 0.5) is 5.69 Å². The molecule has 0 aliphatic carbocycles. The summed E-state index contributed by atoms with van der Waals surface area (Å²) < 4.78 is 34.8. The second-order valence-electron chi connectivity index (χ2n) is 9.52. The fraction of sp³-hybridized carbons (Fsp3) is 0.286. The summed E-state index contributed by atoms with van der Waals surface area (Å²) in [5.41, 5.74) is 2.88. The van der Waals surface area contributed by atoms with Crippen molar-refractivity contribution in [3.8, 4) is 16.9 Å². The van der Waals surface area contributed by atoms with Crippen molar-refractivity contribution < 1.29 is 33.0 Å². The summed E-state index contributed by atoms with van der Waals surface area (Å²) in [5, 5.41) is 21.2. The van der Waals surface area contributed by atoms with E-state index >= 15 is 0 Å². The van der Waals surface area contributed by atoms with Crippen molar-refractivity contribution in [2.45, 2.75) is 38.6 Å². The van der Waals surface area contributed by atoms with Crippen LogP contribution in [-0.4, -0.2) is 49.8 Å². The van der Waals surface area contributed by atoms with Gasteiger partial charge in [-0.2, -0.15) is 0 Å². The van der Waals surface area contributed by atoms with Crippen molar-refractivity contribution in [1.82, 2.24) is 5.32 Å². The van der Waals surface area contributed by atoms with Crippen molar-refractivity contribution in [2.75, 3.05) is 17.9 Å². The number of carbonyl (C=O) groups is 2. The van der Waals surface area contributed by atoms with Crippen molar-refractivity contribution in [3.05, 3.63) is 76.3 Å². The van der Waals surface area contributed by atoms with Crippen LogP contribution in [0.1, 0.15) is 35.3 Å². The van der Waals surface area contributed by atoms with Gasteiger partial charge in [-0.3, -0.25) is 9.52 Å². The predicted molar refractivity (Wildman–Crippen MR) is 150 cm³/mol. The number of benzene rings is 3.